The van der Waals surface area contributed by atoms with Gasteiger partial charge in [-0.1, -0.05) is 12.1 Å². The minimum Gasteiger partial charge on any atom is -0.508 e. The molecule has 0 aromatic heterocycles. The molecule has 0 aliphatic carbocycles. The number of nitrogens with two attached hydrogens (primary N) is 3. The molecule has 2 heterocycles. The summed E-state index contributed by atoms with van der Waals surface area (Å²) < 4.78 is 0. The second-order valence-corrected chi connectivity index (χ2v) is 13.3. The molecule has 0 spiro atoms. The van der Waals surface area contributed by atoms with Crippen LogP contribution in [0.4, 0.5) is 0 Å². The van der Waals surface area contributed by atoms with E-state index in [1.54, 1.807) is 12.1 Å². The third-order valence-electron chi connectivity index (χ3n) is 9.03. The molecule has 55 heavy (non-hydrogen) atoms. The second-order valence-electron chi connectivity index (χ2n) is 13.3. The number of carboxylic acids is 1. The van der Waals surface area contributed by atoms with Gasteiger partial charge in [-0.2, -0.15) is 0 Å². The number of guanidine groups is 1. The van der Waals surface area contributed by atoms with Gasteiger partial charge in [0, 0.05) is 19.6 Å². The molecule has 2 aliphatic heterocycles. The highest BCUT2D eigenvalue weighted by Crippen LogP contribution is 2.20. The number of aromatic hydroxyl groups is 1. The Balaban J connectivity index is 1.41. The first kappa shape index (κ1) is 43.4. The van der Waals surface area contributed by atoms with E-state index in [4.69, 9.17) is 17.2 Å². The van der Waals surface area contributed by atoms with Crippen molar-refractivity contribution in [2.24, 2.45) is 22.2 Å². The van der Waals surface area contributed by atoms with Gasteiger partial charge >= 0.3 is 5.97 Å². The molecule has 2 saturated heterocycles. The van der Waals surface area contributed by atoms with Crippen LogP contribution in [0.3, 0.4) is 0 Å². The van der Waals surface area contributed by atoms with Crippen LogP contribution in [0.15, 0.2) is 29.3 Å². The van der Waals surface area contributed by atoms with Crippen molar-refractivity contribution < 1.29 is 48.6 Å². The Morgan fingerprint density at radius 1 is 0.836 bits per heavy atom. The summed E-state index contributed by atoms with van der Waals surface area (Å²) in [5.74, 6) is -5.62. The van der Waals surface area contributed by atoms with Crippen LogP contribution in [-0.4, -0.2) is 143 Å². The van der Waals surface area contributed by atoms with E-state index in [0.29, 0.717) is 37.7 Å². The number of carbonyl (C=O) groups excluding carboxylic acids is 7. The molecule has 0 saturated carbocycles. The lowest BCUT2D eigenvalue weighted by molar-refractivity contribution is -0.144. The standard InChI is InChI=1S/C34H51N11O10/c1-19(42-27(48)17-39-26(47)16-40-29(50)22(35)15-20-8-10-21(46)11-9-20)32(53)45-14-4-6-24(45)30(51)41-18-28(49)44-13-3-7-25(44)31(52)43-23(33(54)55)5-2-12-38-34(36)37/h8-11,19,22-25,46H,2-7,12-18,35H2,1H3,(H,39,47)(H,40,50)(H,41,51)(H,42,48)(H,43,52)(H,54,55)(H4,36,37,38)/t19-,22-,23-,24-,25-/m0/s1. The van der Waals surface area contributed by atoms with Gasteiger partial charge in [0.15, 0.2) is 5.96 Å². The molecular weight excluding hydrogens is 722 g/mol. The summed E-state index contributed by atoms with van der Waals surface area (Å²) >= 11 is 0. The van der Waals surface area contributed by atoms with E-state index < -0.39 is 97.2 Å². The number of likely N-dealkylation sites (tertiary alicyclic amines) is 2. The molecule has 2 aliphatic rings. The molecule has 1 aromatic rings. The lowest BCUT2D eigenvalue weighted by Gasteiger charge is -2.28. The number of nitrogens with zero attached hydrogens (tertiary/aromatic N) is 3. The highest BCUT2D eigenvalue weighted by molar-refractivity contribution is 5.96. The Kier molecular flexibility index (Phi) is 16.6. The van der Waals surface area contributed by atoms with E-state index in [1.807, 2.05) is 0 Å². The molecule has 3 rings (SSSR count). The maximum Gasteiger partial charge on any atom is 0.326 e. The predicted octanol–water partition coefficient (Wildman–Crippen LogP) is -4.28. The fraction of sp³-hybridized carbons (Fsp3) is 0.559. The quantitative estimate of drug-likeness (QED) is 0.0362. The maximum atomic E-state index is 13.2. The van der Waals surface area contributed by atoms with E-state index in [1.165, 1.54) is 28.9 Å². The van der Waals surface area contributed by atoms with E-state index >= 15 is 0 Å². The van der Waals surface area contributed by atoms with Gasteiger partial charge < -0.3 is 63.8 Å². The Morgan fingerprint density at radius 2 is 1.45 bits per heavy atom. The number of rotatable bonds is 19. The summed E-state index contributed by atoms with van der Waals surface area (Å²) in [6, 6.07) is 1.05. The first-order valence-electron chi connectivity index (χ1n) is 17.9. The number of phenolic OH excluding ortho intramolecular Hbond substituents is 1. The highest BCUT2D eigenvalue weighted by atomic mass is 16.4. The van der Waals surface area contributed by atoms with Crippen molar-refractivity contribution in [2.45, 2.75) is 82.1 Å². The molecule has 21 nitrogen and oxygen atoms in total. The summed E-state index contributed by atoms with van der Waals surface area (Å²) in [4.78, 5) is 108. The number of carbonyl (C=O) groups is 8. The van der Waals surface area contributed by atoms with E-state index in [0.717, 1.165) is 0 Å². The fourth-order valence-corrected chi connectivity index (χ4v) is 6.17. The van der Waals surface area contributed by atoms with E-state index in [9.17, 15) is 48.6 Å². The molecular formula is C34H51N11O10. The third-order valence-corrected chi connectivity index (χ3v) is 9.03. The smallest absolute Gasteiger partial charge is 0.326 e. The normalized spacial score (nSPS) is 17.9. The Hall–Kier alpha value is -5.99. The monoisotopic (exact) mass is 773 g/mol. The topological polar surface area (TPSA) is 334 Å². The Labute approximate surface area is 317 Å². The number of carboxylic acid groups (broad SMARTS) is 1. The number of hydrogen-bond donors (Lipinski definition) is 10. The van der Waals surface area contributed by atoms with Crippen LogP contribution in [0.25, 0.3) is 0 Å². The zero-order chi connectivity index (χ0) is 40.7. The minimum atomic E-state index is -1.25. The average molecular weight is 774 g/mol. The van der Waals surface area contributed by atoms with Crippen molar-refractivity contribution in [3.63, 3.8) is 0 Å². The van der Waals surface area contributed by atoms with Crippen molar-refractivity contribution in [1.29, 1.82) is 0 Å². The molecule has 21 heteroatoms. The lowest BCUT2D eigenvalue weighted by Crippen LogP contribution is -2.55. The number of amides is 7. The number of nitrogens with one attached hydrogen (secondary N) is 5. The summed E-state index contributed by atoms with van der Waals surface area (Å²) in [5.41, 5.74) is 17.1. The van der Waals surface area contributed by atoms with Crippen LogP contribution < -0.4 is 43.8 Å². The molecule has 7 amide bonds. The minimum absolute atomic E-state index is 0.0616. The third kappa shape index (κ3) is 13.7. The van der Waals surface area contributed by atoms with Crippen molar-refractivity contribution in [2.75, 3.05) is 39.3 Å². The fourth-order valence-electron chi connectivity index (χ4n) is 6.17. The second kappa shape index (κ2) is 21.0. The molecule has 302 valence electrons. The first-order chi connectivity index (χ1) is 26.1. The van der Waals surface area contributed by atoms with Gasteiger partial charge in [0.1, 0.15) is 29.9 Å². The number of aliphatic imine (C=N–C) groups is 1. The number of benzene rings is 1. The van der Waals surface area contributed by atoms with Crippen LogP contribution in [0.1, 0.15) is 51.0 Å². The molecule has 0 bridgehead atoms. The van der Waals surface area contributed by atoms with Gasteiger partial charge in [-0.3, -0.25) is 38.6 Å². The zero-order valence-corrected chi connectivity index (χ0v) is 30.6. The van der Waals surface area contributed by atoms with Crippen LogP contribution in [0.2, 0.25) is 0 Å². The van der Waals surface area contributed by atoms with Gasteiger partial charge in [-0.15, -0.1) is 0 Å². The lowest BCUT2D eigenvalue weighted by atomic mass is 10.1. The highest BCUT2D eigenvalue weighted by Gasteiger charge is 2.38. The maximum absolute atomic E-state index is 13.2. The van der Waals surface area contributed by atoms with Gasteiger partial charge in [0.25, 0.3) is 0 Å². The Morgan fingerprint density at radius 3 is 2.09 bits per heavy atom. The summed E-state index contributed by atoms with van der Waals surface area (Å²) in [5, 5.41) is 31.1. The molecule has 0 radical (unpaired) electrons. The SMILES string of the molecule is C[C@H](NC(=O)CNC(=O)CNC(=O)[C@@H](N)Cc1ccc(O)cc1)C(=O)N1CCC[C@H]1C(=O)NCC(=O)N1CCC[C@H]1C(=O)N[C@@H](CCCN=C(N)N)C(=O)O. The van der Waals surface area contributed by atoms with E-state index in [2.05, 4.69) is 31.6 Å². The van der Waals surface area contributed by atoms with Crippen molar-refractivity contribution >= 4 is 53.3 Å². The van der Waals surface area contributed by atoms with Crippen LogP contribution in [0.5, 0.6) is 5.75 Å². The average Bonchev–Trinajstić information content (AvgIpc) is 3.84. The van der Waals surface area contributed by atoms with Crippen molar-refractivity contribution in [3.05, 3.63) is 29.8 Å². The van der Waals surface area contributed by atoms with Crippen LogP contribution in [0, 0.1) is 0 Å². The van der Waals surface area contributed by atoms with Gasteiger partial charge in [0.05, 0.1) is 25.7 Å². The van der Waals surface area contributed by atoms with E-state index in [-0.39, 0.29) is 44.2 Å². The van der Waals surface area contributed by atoms with Gasteiger partial charge in [0.2, 0.25) is 41.4 Å². The number of phenols is 1. The van der Waals surface area contributed by atoms with Crippen LogP contribution >= 0.6 is 0 Å². The number of aliphatic carboxylic acids is 1. The molecule has 2 fully saturated rings. The summed E-state index contributed by atoms with van der Waals surface area (Å²) in [6.45, 7) is 0.650. The van der Waals surface area contributed by atoms with Gasteiger partial charge in [-0.25, -0.2) is 4.79 Å². The predicted molar refractivity (Wildman–Crippen MR) is 195 cm³/mol. The zero-order valence-electron chi connectivity index (χ0n) is 30.6. The Bertz CT molecular complexity index is 1600. The summed E-state index contributed by atoms with van der Waals surface area (Å²) in [7, 11) is 0. The molecule has 5 atom stereocenters. The van der Waals surface area contributed by atoms with Crippen molar-refractivity contribution in [1.82, 2.24) is 36.4 Å². The largest absolute Gasteiger partial charge is 0.508 e. The van der Waals surface area contributed by atoms with Crippen molar-refractivity contribution in [3.8, 4) is 5.75 Å². The van der Waals surface area contributed by atoms with Crippen LogP contribution in [-0.2, 0) is 44.8 Å². The molecule has 1 aromatic carbocycles. The molecule has 0 unspecified atom stereocenters. The van der Waals surface area contributed by atoms with Gasteiger partial charge in [-0.05, 0) is 69.6 Å². The molecule has 13 N–H and O–H groups in total. The first-order valence-corrected chi connectivity index (χ1v) is 17.9. The summed E-state index contributed by atoms with van der Waals surface area (Å²) in [6.07, 6.45) is 2.12. The number of hydrogen-bond acceptors (Lipinski definition) is 11.